The highest BCUT2D eigenvalue weighted by atomic mass is 32.1. The van der Waals surface area contributed by atoms with Crippen LogP contribution in [0.1, 0.15) is 47.0 Å². The quantitative estimate of drug-likeness (QED) is 0.534. The van der Waals surface area contributed by atoms with Crippen LogP contribution in [0.15, 0.2) is 66.2 Å². The summed E-state index contributed by atoms with van der Waals surface area (Å²) in [7, 11) is 0. The van der Waals surface area contributed by atoms with E-state index in [9.17, 15) is 4.79 Å². The molecule has 1 N–H and O–H groups in total. The van der Waals surface area contributed by atoms with Crippen molar-refractivity contribution < 1.29 is 4.79 Å². The van der Waals surface area contributed by atoms with Crippen molar-refractivity contribution in [1.82, 2.24) is 15.2 Å². The Kier molecular flexibility index (Phi) is 7.49. The number of carbonyl (C=O) groups is 1. The predicted octanol–water partition coefficient (Wildman–Crippen LogP) is 5.15. The Morgan fingerprint density at radius 3 is 2.77 bits per heavy atom. The predicted molar refractivity (Wildman–Crippen MR) is 127 cm³/mol. The number of likely N-dealkylation sites (tertiary alicyclic amines) is 1. The third-order valence-electron chi connectivity index (χ3n) is 6.16. The number of hydrogen-bond donors (Lipinski definition) is 1. The van der Waals surface area contributed by atoms with Crippen LogP contribution < -0.4 is 5.32 Å². The minimum absolute atomic E-state index is 0.0447. The SMILES string of the molecule is Cc1ccsc1CN1CCC[C@H]([C@@H](NC(=O)CCc2ccccc2)c2ccccn2)C1. The molecule has 0 bridgehead atoms. The van der Waals surface area contributed by atoms with E-state index in [4.69, 9.17) is 0 Å². The number of pyridine rings is 1. The molecule has 0 radical (unpaired) electrons. The van der Waals surface area contributed by atoms with Crippen molar-refractivity contribution in [2.24, 2.45) is 5.92 Å². The highest BCUT2D eigenvalue weighted by molar-refractivity contribution is 7.10. The molecule has 4 rings (SSSR count). The van der Waals surface area contributed by atoms with Gasteiger partial charge in [0.1, 0.15) is 0 Å². The first-order valence-electron chi connectivity index (χ1n) is 11.2. The van der Waals surface area contributed by atoms with E-state index in [1.54, 1.807) is 0 Å². The van der Waals surface area contributed by atoms with Crippen molar-refractivity contribution in [1.29, 1.82) is 0 Å². The number of carbonyl (C=O) groups excluding carboxylic acids is 1. The van der Waals surface area contributed by atoms with Crippen LogP contribution in [0.2, 0.25) is 0 Å². The second-order valence-corrected chi connectivity index (χ2v) is 9.45. The summed E-state index contributed by atoms with van der Waals surface area (Å²) in [6, 6.07) is 18.4. The molecule has 2 aromatic heterocycles. The van der Waals surface area contributed by atoms with Gasteiger partial charge in [0.15, 0.2) is 0 Å². The summed E-state index contributed by atoms with van der Waals surface area (Å²) in [5, 5.41) is 5.51. The number of amides is 1. The Bertz CT molecular complexity index is 957. The van der Waals surface area contributed by atoms with Crippen LogP contribution in [-0.4, -0.2) is 28.9 Å². The molecule has 1 amide bonds. The van der Waals surface area contributed by atoms with E-state index in [1.807, 2.05) is 53.9 Å². The third kappa shape index (κ3) is 6.02. The molecule has 2 atom stereocenters. The summed E-state index contributed by atoms with van der Waals surface area (Å²) in [6.45, 7) is 5.29. The van der Waals surface area contributed by atoms with Gasteiger partial charge in [-0.05, 0) is 73.4 Å². The number of nitrogens with zero attached hydrogens (tertiary/aromatic N) is 2. The minimum Gasteiger partial charge on any atom is -0.347 e. The molecular weight excluding hydrogens is 402 g/mol. The number of thiophene rings is 1. The van der Waals surface area contributed by atoms with Crippen molar-refractivity contribution >= 4 is 17.2 Å². The lowest BCUT2D eigenvalue weighted by atomic mass is 9.88. The molecule has 0 unspecified atom stereocenters. The lowest BCUT2D eigenvalue weighted by Gasteiger charge is -2.37. The number of aromatic nitrogens is 1. The zero-order valence-electron chi connectivity index (χ0n) is 18.2. The van der Waals surface area contributed by atoms with E-state index in [0.717, 1.165) is 44.6 Å². The van der Waals surface area contributed by atoms with Gasteiger partial charge in [0.2, 0.25) is 5.91 Å². The number of aryl methyl sites for hydroxylation is 2. The molecule has 5 heteroatoms. The maximum Gasteiger partial charge on any atom is 0.220 e. The van der Waals surface area contributed by atoms with E-state index < -0.39 is 0 Å². The number of piperidine rings is 1. The van der Waals surface area contributed by atoms with E-state index in [2.05, 4.69) is 45.7 Å². The van der Waals surface area contributed by atoms with Crippen molar-refractivity contribution in [3.8, 4) is 0 Å². The standard InChI is InChI=1S/C26H31N3OS/c1-20-14-17-31-24(20)19-29-16-7-10-22(18-29)26(23-11-5-6-15-27-23)28-25(30)13-12-21-8-3-2-4-9-21/h2-6,8-9,11,14-15,17,22,26H,7,10,12-13,16,18-19H2,1H3,(H,28,30)/t22-,26+/m0/s1. The van der Waals surface area contributed by atoms with E-state index >= 15 is 0 Å². The Labute approximate surface area is 189 Å². The first-order chi connectivity index (χ1) is 15.2. The highest BCUT2D eigenvalue weighted by Gasteiger charge is 2.30. The third-order valence-corrected chi connectivity index (χ3v) is 7.16. The molecule has 31 heavy (non-hydrogen) atoms. The van der Waals surface area contributed by atoms with Gasteiger partial charge in [-0.25, -0.2) is 0 Å². The number of benzene rings is 1. The number of rotatable bonds is 8. The molecule has 162 valence electrons. The van der Waals surface area contributed by atoms with Crippen molar-refractivity contribution in [3.63, 3.8) is 0 Å². The number of hydrogen-bond acceptors (Lipinski definition) is 4. The zero-order chi connectivity index (χ0) is 21.5. The molecule has 3 heterocycles. The molecule has 1 aliphatic rings. The summed E-state index contributed by atoms with van der Waals surface area (Å²) in [5.41, 5.74) is 3.54. The Balaban J connectivity index is 1.43. The summed E-state index contributed by atoms with van der Waals surface area (Å²) in [5.74, 6) is 0.468. The molecule has 3 aromatic rings. The maximum absolute atomic E-state index is 12.9. The summed E-state index contributed by atoms with van der Waals surface area (Å²) in [4.78, 5) is 21.5. The zero-order valence-corrected chi connectivity index (χ0v) is 19.0. The molecule has 1 fully saturated rings. The van der Waals surface area contributed by atoms with Crippen LogP contribution in [0.3, 0.4) is 0 Å². The molecular formula is C26H31N3OS. The Hall–Kier alpha value is -2.50. The van der Waals surface area contributed by atoms with Crippen LogP contribution in [0.5, 0.6) is 0 Å². The molecule has 1 aromatic carbocycles. The van der Waals surface area contributed by atoms with Gasteiger partial charge in [0.05, 0.1) is 11.7 Å². The van der Waals surface area contributed by atoms with E-state index in [1.165, 1.54) is 16.0 Å². The fourth-order valence-corrected chi connectivity index (χ4v) is 5.37. The fourth-order valence-electron chi connectivity index (χ4n) is 4.42. The lowest BCUT2D eigenvalue weighted by Crippen LogP contribution is -2.43. The van der Waals surface area contributed by atoms with Crippen LogP contribution >= 0.6 is 11.3 Å². The van der Waals surface area contributed by atoms with Gasteiger partial charge in [0, 0.05) is 30.6 Å². The molecule has 0 saturated carbocycles. The van der Waals surface area contributed by atoms with Crippen LogP contribution in [0.4, 0.5) is 0 Å². The van der Waals surface area contributed by atoms with Gasteiger partial charge >= 0.3 is 0 Å². The summed E-state index contributed by atoms with van der Waals surface area (Å²) < 4.78 is 0. The van der Waals surface area contributed by atoms with E-state index in [0.29, 0.717) is 12.3 Å². The maximum atomic E-state index is 12.9. The Morgan fingerprint density at radius 2 is 2.03 bits per heavy atom. The molecule has 0 aliphatic carbocycles. The molecule has 1 aliphatic heterocycles. The van der Waals surface area contributed by atoms with Gasteiger partial charge in [-0.2, -0.15) is 0 Å². The summed E-state index contributed by atoms with van der Waals surface area (Å²) >= 11 is 1.84. The largest absolute Gasteiger partial charge is 0.347 e. The second-order valence-electron chi connectivity index (χ2n) is 8.45. The normalized spacial score (nSPS) is 17.9. The fraction of sp³-hybridized carbons (Fsp3) is 0.385. The molecule has 1 saturated heterocycles. The van der Waals surface area contributed by atoms with Gasteiger partial charge in [-0.15, -0.1) is 11.3 Å². The molecule has 4 nitrogen and oxygen atoms in total. The van der Waals surface area contributed by atoms with Gasteiger partial charge in [-0.3, -0.25) is 14.7 Å². The van der Waals surface area contributed by atoms with Crippen molar-refractivity contribution in [3.05, 3.63) is 87.9 Å². The van der Waals surface area contributed by atoms with Crippen LogP contribution in [0.25, 0.3) is 0 Å². The summed E-state index contributed by atoms with van der Waals surface area (Å²) in [6.07, 6.45) is 5.35. The smallest absolute Gasteiger partial charge is 0.220 e. The minimum atomic E-state index is -0.0447. The van der Waals surface area contributed by atoms with Crippen LogP contribution in [0, 0.1) is 12.8 Å². The highest BCUT2D eigenvalue weighted by Crippen LogP contribution is 2.30. The first kappa shape index (κ1) is 21.7. The second kappa shape index (κ2) is 10.7. The van der Waals surface area contributed by atoms with Gasteiger partial charge in [0.25, 0.3) is 0 Å². The van der Waals surface area contributed by atoms with E-state index in [-0.39, 0.29) is 11.9 Å². The topological polar surface area (TPSA) is 45.2 Å². The first-order valence-corrected chi connectivity index (χ1v) is 12.1. The Morgan fingerprint density at radius 1 is 1.19 bits per heavy atom. The van der Waals surface area contributed by atoms with Crippen LogP contribution in [-0.2, 0) is 17.8 Å². The lowest BCUT2D eigenvalue weighted by molar-refractivity contribution is -0.122. The van der Waals surface area contributed by atoms with Crippen molar-refractivity contribution in [2.45, 2.75) is 45.2 Å². The number of nitrogens with one attached hydrogen (secondary N) is 1. The average Bonchev–Trinajstić information content (AvgIpc) is 3.21. The van der Waals surface area contributed by atoms with Gasteiger partial charge < -0.3 is 5.32 Å². The monoisotopic (exact) mass is 433 g/mol. The van der Waals surface area contributed by atoms with Gasteiger partial charge in [-0.1, -0.05) is 36.4 Å². The average molecular weight is 434 g/mol. The van der Waals surface area contributed by atoms with Crippen molar-refractivity contribution in [2.75, 3.05) is 13.1 Å². The molecule has 0 spiro atoms.